The van der Waals surface area contributed by atoms with Gasteiger partial charge in [0.15, 0.2) is 0 Å². The van der Waals surface area contributed by atoms with Gasteiger partial charge in [-0.25, -0.2) is 0 Å². The molecule has 2 aromatic rings. The summed E-state index contributed by atoms with van der Waals surface area (Å²) in [5.74, 6) is 3.38. The van der Waals surface area contributed by atoms with E-state index in [1.54, 1.807) is 31.4 Å². The van der Waals surface area contributed by atoms with E-state index < -0.39 is 5.92 Å². The Morgan fingerprint density at radius 3 is 2.55 bits per heavy atom. The van der Waals surface area contributed by atoms with E-state index in [0.29, 0.717) is 11.7 Å². The molecule has 0 aliphatic heterocycles. The third-order valence-electron chi connectivity index (χ3n) is 6.51. The van der Waals surface area contributed by atoms with Gasteiger partial charge in [0, 0.05) is 37.6 Å². The number of amides is 1. The van der Waals surface area contributed by atoms with Crippen LogP contribution in [0.5, 0.6) is 0 Å². The summed E-state index contributed by atoms with van der Waals surface area (Å²) in [6.45, 7) is 7.94. The molecule has 1 N–H and O–H groups in total. The molecule has 0 radical (unpaired) electrons. The Morgan fingerprint density at radius 2 is 2.00 bits per heavy atom. The average Bonchev–Trinajstić information content (AvgIpc) is 2.81. The Hall–Kier alpha value is -3.58. The number of likely N-dealkylation sites (N-methyl/N-ethyl adjacent to an activating group) is 1. The first-order valence-corrected chi connectivity index (χ1v) is 11.4. The second-order valence-electron chi connectivity index (χ2n) is 8.56. The SMILES string of the molecule is C#Cc1cncc(C(=C/C)/C=C(\C)C(C(=O)N(C)C(=C)NC)c2ccc(C3CCC3)cc2)c1. The summed E-state index contributed by atoms with van der Waals surface area (Å²) < 4.78 is 0. The van der Waals surface area contributed by atoms with Crippen LogP contribution in [0.3, 0.4) is 0 Å². The minimum atomic E-state index is -0.436. The van der Waals surface area contributed by atoms with Crippen LogP contribution in [0.2, 0.25) is 0 Å². The molecule has 0 saturated heterocycles. The molecule has 1 aliphatic carbocycles. The largest absolute Gasteiger partial charge is 0.375 e. The number of benzene rings is 1. The molecule has 1 heterocycles. The number of allylic oxidation sites excluding steroid dienone is 3. The van der Waals surface area contributed by atoms with Crippen molar-refractivity contribution in [2.45, 2.75) is 44.9 Å². The summed E-state index contributed by atoms with van der Waals surface area (Å²) in [7, 11) is 3.52. The molecule has 0 spiro atoms. The smallest absolute Gasteiger partial charge is 0.239 e. The number of pyridine rings is 1. The van der Waals surface area contributed by atoms with Crippen LogP contribution in [0.1, 0.15) is 67.2 Å². The Morgan fingerprint density at radius 1 is 1.30 bits per heavy atom. The highest BCUT2D eigenvalue weighted by Gasteiger charge is 2.28. The first kappa shape index (κ1) is 24.1. The number of terminal acetylenes is 1. The van der Waals surface area contributed by atoms with Crippen molar-refractivity contribution < 1.29 is 4.79 Å². The van der Waals surface area contributed by atoms with Crippen molar-refractivity contribution >= 4 is 11.5 Å². The Bertz CT molecular complexity index is 1110. The van der Waals surface area contributed by atoms with Crippen LogP contribution in [0.15, 0.2) is 72.9 Å². The first-order valence-electron chi connectivity index (χ1n) is 11.4. The highest BCUT2D eigenvalue weighted by Crippen LogP contribution is 2.37. The summed E-state index contributed by atoms with van der Waals surface area (Å²) in [5, 5.41) is 2.97. The molecule has 1 saturated carbocycles. The first-order chi connectivity index (χ1) is 15.9. The fraction of sp³-hybridized carbons (Fsp3) is 0.310. The van der Waals surface area contributed by atoms with E-state index in [4.69, 9.17) is 6.42 Å². The van der Waals surface area contributed by atoms with E-state index in [1.165, 1.54) is 24.8 Å². The van der Waals surface area contributed by atoms with Crippen LogP contribution in [-0.2, 0) is 4.79 Å². The number of aromatic nitrogens is 1. The van der Waals surface area contributed by atoms with E-state index in [-0.39, 0.29) is 5.91 Å². The lowest BCUT2D eigenvalue weighted by molar-refractivity contribution is -0.129. The number of hydrogen-bond donors (Lipinski definition) is 1. The normalized spacial score (nSPS) is 15.2. The minimum Gasteiger partial charge on any atom is -0.375 e. The summed E-state index contributed by atoms with van der Waals surface area (Å²) in [4.78, 5) is 19.4. The van der Waals surface area contributed by atoms with Gasteiger partial charge in [-0.1, -0.05) is 60.9 Å². The Balaban J connectivity index is 2.00. The maximum Gasteiger partial charge on any atom is 0.239 e. The van der Waals surface area contributed by atoms with Crippen LogP contribution in [0.25, 0.3) is 5.57 Å². The standard InChI is InChI=1S/C29H33N3O/c1-7-22-17-27(19-31-18-22)23(8-2)16-20(3)28(29(33)32(6)21(4)30-5)26-14-12-25(13-15-26)24-10-9-11-24/h1,8,12-19,24,28,30H,4,9-11H2,2-3,5-6H3/b20-16+,23-8+. The summed E-state index contributed by atoms with van der Waals surface area (Å²) >= 11 is 0. The minimum absolute atomic E-state index is 0.0366. The van der Waals surface area contributed by atoms with E-state index in [1.807, 2.05) is 26.0 Å². The van der Waals surface area contributed by atoms with Crippen LogP contribution >= 0.6 is 0 Å². The maximum absolute atomic E-state index is 13.6. The Kier molecular flexibility index (Phi) is 7.90. The highest BCUT2D eigenvalue weighted by atomic mass is 16.2. The number of nitrogens with zero attached hydrogens (tertiary/aromatic N) is 2. The lowest BCUT2D eigenvalue weighted by atomic mass is 9.79. The second kappa shape index (κ2) is 10.8. The molecule has 1 amide bonds. The van der Waals surface area contributed by atoms with Gasteiger partial charge in [-0.2, -0.15) is 0 Å². The molecule has 170 valence electrons. The van der Waals surface area contributed by atoms with Gasteiger partial charge >= 0.3 is 0 Å². The van der Waals surface area contributed by atoms with Crippen molar-refractivity contribution in [3.8, 4) is 12.3 Å². The molecular weight excluding hydrogens is 406 g/mol. The van der Waals surface area contributed by atoms with Gasteiger partial charge in [0.2, 0.25) is 5.91 Å². The number of carbonyl (C=O) groups excluding carboxylic acids is 1. The molecule has 1 atom stereocenters. The molecule has 3 rings (SSSR count). The zero-order valence-electron chi connectivity index (χ0n) is 20.1. The van der Waals surface area contributed by atoms with Crippen molar-refractivity contribution in [2.24, 2.45) is 0 Å². The molecular formula is C29H33N3O. The van der Waals surface area contributed by atoms with Gasteiger partial charge in [-0.3, -0.25) is 9.78 Å². The molecule has 0 bridgehead atoms. The van der Waals surface area contributed by atoms with Crippen molar-refractivity contribution in [2.75, 3.05) is 14.1 Å². The molecule has 4 heteroatoms. The topological polar surface area (TPSA) is 45.2 Å². The van der Waals surface area contributed by atoms with Gasteiger partial charge < -0.3 is 10.2 Å². The molecule has 4 nitrogen and oxygen atoms in total. The number of rotatable bonds is 8. The van der Waals surface area contributed by atoms with Gasteiger partial charge in [0.25, 0.3) is 0 Å². The third kappa shape index (κ3) is 5.43. The Labute approximate surface area is 198 Å². The van der Waals surface area contributed by atoms with Gasteiger partial charge in [-0.05, 0) is 55.4 Å². The van der Waals surface area contributed by atoms with Gasteiger partial charge in [0.1, 0.15) is 5.82 Å². The molecule has 1 fully saturated rings. The second-order valence-corrected chi connectivity index (χ2v) is 8.56. The molecule has 1 aliphatic rings. The van der Waals surface area contributed by atoms with E-state index in [2.05, 4.69) is 53.1 Å². The van der Waals surface area contributed by atoms with E-state index in [0.717, 1.165) is 27.8 Å². The third-order valence-corrected chi connectivity index (χ3v) is 6.51. The van der Waals surface area contributed by atoms with Crippen molar-refractivity contribution in [3.63, 3.8) is 0 Å². The number of hydrogen-bond acceptors (Lipinski definition) is 3. The van der Waals surface area contributed by atoms with Crippen LogP contribution in [0, 0.1) is 12.3 Å². The fourth-order valence-electron chi connectivity index (χ4n) is 4.14. The van der Waals surface area contributed by atoms with Crippen LogP contribution in [0.4, 0.5) is 0 Å². The number of nitrogens with one attached hydrogen (secondary N) is 1. The maximum atomic E-state index is 13.6. The van der Waals surface area contributed by atoms with Crippen molar-refractivity contribution in [1.82, 2.24) is 15.2 Å². The predicted octanol–water partition coefficient (Wildman–Crippen LogP) is 5.61. The van der Waals surface area contributed by atoms with Crippen LogP contribution in [-0.4, -0.2) is 29.9 Å². The molecule has 33 heavy (non-hydrogen) atoms. The quantitative estimate of drug-likeness (QED) is 0.429. The van der Waals surface area contributed by atoms with Gasteiger partial charge in [0.05, 0.1) is 5.92 Å². The number of carbonyl (C=O) groups is 1. The highest BCUT2D eigenvalue weighted by molar-refractivity contribution is 5.89. The van der Waals surface area contributed by atoms with E-state index >= 15 is 0 Å². The van der Waals surface area contributed by atoms with Crippen molar-refractivity contribution in [3.05, 3.63) is 95.1 Å². The molecule has 1 aromatic carbocycles. The lowest BCUT2D eigenvalue weighted by Gasteiger charge is -2.28. The van der Waals surface area contributed by atoms with Crippen LogP contribution < -0.4 is 5.32 Å². The molecule has 1 aromatic heterocycles. The lowest BCUT2D eigenvalue weighted by Crippen LogP contribution is -2.35. The fourth-order valence-corrected chi connectivity index (χ4v) is 4.14. The molecule has 1 unspecified atom stereocenters. The summed E-state index contributed by atoms with van der Waals surface area (Å²) in [6.07, 6.45) is 16.9. The zero-order chi connectivity index (χ0) is 24.0. The monoisotopic (exact) mass is 439 g/mol. The van der Waals surface area contributed by atoms with Gasteiger partial charge in [-0.15, -0.1) is 6.42 Å². The van der Waals surface area contributed by atoms with Crippen molar-refractivity contribution in [1.29, 1.82) is 0 Å². The predicted molar refractivity (Wildman–Crippen MR) is 136 cm³/mol. The average molecular weight is 440 g/mol. The van der Waals surface area contributed by atoms with E-state index in [9.17, 15) is 4.79 Å². The summed E-state index contributed by atoms with van der Waals surface area (Å²) in [6, 6.07) is 10.5. The zero-order valence-corrected chi connectivity index (χ0v) is 20.1. The summed E-state index contributed by atoms with van der Waals surface area (Å²) in [5.41, 5.74) is 5.88.